The summed E-state index contributed by atoms with van der Waals surface area (Å²) in [4.78, 5) is 33.8. The normalized spacial score (nSPS) is 16.9. The maximum atomic E-state index is 13.2. The largest absolute Gasteiger partial charge is 0.350 e. The third-order valence-corrected chi connectivity index (χ3v) is 4.59. The van der Waals surface area contributed by atoms with Gasteiger partial charge in [-0.1, -0.05) is 23.9 Å². The van der Waals surface area contributed by atoms with Crippen LogP contribution in [0, 0.1) is 5.82 Å². The Hall–Kier alpha value is -2.48. The summed E-state index contributed by atoms with van der Waals surface area (Å²) in [5, 5.41) is 3.39. The fourth-order valence-electron chi connectivity index (χ4n) is 2.64. The molecule has 1 aliphatic rings. The van der Waals surface area contributed by atoms with Crippen LogP contribution in [0.5, 0.6) is 0 Å². The van der Waals surface area contributed by atoms with Crippen molar-refractivity contribution >= 4 is 23.6 Å². The average molecular weight is 360 g/mol. The molecule has 1 aromatic heterocycles. The monoisotopic (exact) mass is 360 g/mol. The molecule has 0 unspecified atom stereocenters. The highest BCUT2D eigenvalue weighted by atomic mass is 32.2. The van der Waals surface area contributed by atoms with Crippen LogP contribution in [-0.4, -0.2) is 45.0 Å². The Balaban J connectivity index is 1.48. The van der Waals surface area contributed by atoms with Crippen molar-refractivity contribution in [1.29, 1.82) is 0 Å². The number of aromatic nitrogens is 2. The number of carbonyl (C=O) groups is 2. The first-order valence-corrected chi connectivity index (χ1v) is 8.80. The molecule has 0 saturated carbocycles. The van der Waals surface area contributed by atoms with Gasteiger partial charge in [0, 0.05) is 31.9 Å². The highest BCUT2D eigenvalue weighted by Gasteiger charge is 2.30. The lowest BCUT2D eigenvalue weighted by molar-refractivity contribution is -0.128. The maximum absolute atomic E-state index is 13.2. The van der Waals surface area contributed by atoms with Crippen molar-refractivity contribution in [3.8, 4) is 0 Å². The van der Waals surface area contributed by atoms with E-state index in [-0.39, 0.29) is 35.8 Å². The van der Waals surface area contributed by atoms with Gasteiger partial charge in [-0.05, 0) is 23.8 Å². The standard InChI is InChI=1S/C17H17FN4O2S/c18-13-4-1-3-12(7-13)9-22-10-14(8-16(22)24)21-15(23)11-25-17-19-5-2-6-20-17/h1-7,14H,8-11H2,(H,21,23)/t14-/m0/s1. The third kappa shape index (κ3) is 4.99. The summed E-state index contributed by atoms with van der Waals surface area (Å²) in [5.41, 5.74) is 0.733. The number of nitrogens with zero attached hydrogens (tertiary/aromatic N) is 3. The fourth-order valence-corrected chi connectivity index (χ4v) is 3.25. The molecule has 2 amide bonds. The first-order valence-electron chi connectivity index (χ1n) is 7.81. The molecule has 0 spiro atoms. The summed E-state index contributed by atoms with van der Waals surface area (Å²) >= 11 is 1.24. The van der Waals surface area contributed by atoms with Crippen LogP contribution in [0.15, 0.2) is 47.9 Å². The van der Waals surface area contributed by atoms with E-state index in [0.717, 1.165) is 5.56 Å². The molecule has 0 radical (unpaired) electrons. The zero-order chi connectivity index (χ0) is 17.6. The topological polar surface area (TPSA) is 75.2 Å². The Bertz CT molecular complexity index is 759. The third-order valence-electron chi connectivity index (χ3n) is 3.72. The van der Waals surface area contributed by atoms with Gasteiger partial charge in [0.2, 0.25) is 11.8 Å². The van der Waals surface area contributed by atoms with Crippen LogP contribution in [-0.2, 0) is 16.1 Å². The zero-order valence-electron chi connectivity index (χ0n) is 13.4. The minimum Gasteiger partial charge on any atom is -0.350 e. The highest BCUT2D eigenvalue weighted by Crippen LogP contribution is 2.16. The molecule has 1 N–H and O–H groups in total. The number of thioether (sulfide) groups is 1. The Morgan fingerprint density at radius 2 is 2.12 bits per heavy atom. The van der Waals surface area contributed by atoms with Gasteiger partial charge in [-0.2, -0.15) is 0 Å². The summed E-state index contributed by atoms with van der Waals surface area (Å²) in [6.45, 7) is 0.767. The highest BCUT2D eigenvalue weighted by molar-refractivity contribution is 7.99. The first-order chi connectivity index (χ1) is 12.1. The van der Waals surface area contributed by atoms with E-state index in [1.807, 2.05) is 0 Å². The second-order valence-corrected chi connectivity index (χ2v) is 6.64. The number of hydrogen-bond donors (Lipinski definition) is 1. The molecule has 1 aromatic carbocycles. The second kappa shape index (κ2) is 8.06. The van der Waals surface area contributed by atoms with E-state index in [0.29, 0.717) is 18.2 Å². The lowest BCUT2D eigenvalue weighted by atomic mass is 10.2. The Labute approximate surface area is 148 Å². The molecule has 3 rings (SSSR count). The number of amides is 2. The average Bonchev–Trinajstić information content (AvgIpc) is 2.93. The van der Waals surface area contributed by atoms with Gasteiger partial charge >= 0.3 is 0 Å². The minimum atomic E-state index is -0.325. The van der Waals surface area contributed by atoms with Gasteiger partial charge in [-0.25, -0.2) is 14.4 Å². The van der Waals surface area contributed by atoms with E-state index in [2.05, 4.69) is 15.3 Å². The molecule has 0 bridgehead atoms. The van der Waals surface area contributed by atoms with E-state index in [9.17, 15) is 14.0 Å². The number of likely N-dealkylation sites (tertiary alicyclic amines) is 1. The van der Waals surface area contributed by atoms with Gasteiger partial charge in [-0.15, -0.1) is 0 Å². The molecule has 1 saturated heterocycles. The van der Waals surface area contributed by atoms with Crippen molar-refractivity contribution < 1.29 is 14.0 Å². The quantitative estimate of drug-likeness (QED) is 0.626. The van der Waals surface area contributed by atoms with Gasteiger partial charge in [0.1, 0.15) is 5.82 Å². The lowest BCUT2D eigenvalue weighted by Gasteiger charge is -2.17. The molecular formula is C17H17FN4O2S. The molecule has 2 heterocycles. The number of nitrogens with one attached hydrogen (secondary N) is 1. The van der Waals surface area contributed by atoms with E-state index < -0.39 is 0 Å². The number of halogens is 1. The molecule has 130 valence electrons. The molecular weight excluding hydrogens is 343 g/mol. The molecule has 1 atom stereocenters. The zero-order valence-corrected chi connectivity index (χ0v) is 14.2. The molecule has 1 aliphatic heterocycles. The minimum absolute atomic E-state index is 0.0476. The predicted molar refractivity (Wildman–Crippen MR) is 91.1 cm³/mol. The Morgan fingerprint density at radius 3 is 2.88 bits per heavy atom. The van der Waals surface area contributed by atoms with Crippen LogP contribution in [0.3, 0.4) is 0 Å². The van der Waals surface area contributed by atoms with Crippen LogP contribution in [0.4, 0.5) is 4.39 Å². The molecule has 1 fully saturated rings. The number of benzene rings is 1. The lowest BCUT2D eigenvalue weighted by Crippen LogP contribution is -2.38. The number of hydrogen-bond acceptors (Lipinski definition) is 5. The summed E-state index contributed by atoms with van der Waals surface area (Å²) in [7, 11) is 0. The molecule has 0 aliphatic carbocycles. The van der Waals surface area contributed by atoms with Crippen molar-refractivity contribution in [2.45, 2.75) is 24.2 Å². The molecule has 6 nitrogen and oxygen atoms in total. The summed E-state index contributed by atoms with van der Waals surface area (Å²) in [5.74, 6) is -0.343. The Morgan fingerprint density at radius 1 is 1.32 bits per heavy atom. The van der Waals surface area contributed by atoms with Crippen LogP contribution < -0.4 is 5.32 Å². The van der Waals surface area contributed by atoms with Crippen molar-refractivity contribution in [2.24, 2.45) is 0 Å². The summed E-state index contributed by atoms with van der Waals surface area (Å²) in [6.07, 6.45) is 3.49. The molecule has 8 heteroatoms. The van der Waals surface area contributed by atoms with Crippen molar-refractivity contribution in [2.75, 3.05) is 12.3 Å². The first kappa shape index (κ1) is 17.3. The fraction of sp³-hybridized carbons (Fsp3) is 0.294. The predicted octanol–water partition coefficient (Wildman–Crippen LogP) is 1.63. The van der Waals surface area contributed by atoms with Crippen LogP contribution in [0.25, 0.3) is 0 Å². The van der Waals surface area contributed by atoms with Crippen molar-refractivity contribution in [3.63, 3.8) is 0 Å². The summed E-state index contributed by atoms with van der Waals surface area (Å²) in [6, 6.07) is 7.65. The number of rotatable bonds is 6. The molecule has 2 aromatic rings. The Kier molecular flexibility index (Phi) is 5.60. The van der Waals surface area contributed by atoms with Gasteiger partial charge in [0.15, 0.2) is 5.16 Å². The number of carbonyl (C=O) groups excluding carboxylic acids is 2. The van der Waals surface area contributed by atoms with Gasteiger partial charge in [-0.3, -0.25) is 9.59 Å². The van der Waals surface area contributed by atoms with E-state index >= 15 is 0 Å². The smallest absolute Gasteiger partial charge is 0.230 e. The van der Waals surface area contributed by atoms with Crippen LogP contribution in [0.1, 0.15) is 12.0 Å². The summed E-state index contributed by atoms with van der Waals surface area (Å²) < 4.78 is 13.2. The van der Waals surface area contributed by atoms with E-state index in [4.69, 9.17) is 0 Å². The van der Waals surface area contributed by atoms with Gasteiger partial charge in [0.05, 0.1) is 11.8 Å². The van der Waals surface area contributed by atoms with Gasteiger partial charge < -0.3 is 10.2 Å². The maximum Gasteiger partial charge on any atom is 0.230 e. The van der Waals surface area contributed by atoms with E-state index in [1.165, 1.54) is 23.9 Å². The van der Waals surface area contributed by atoms with Crippen LogP contribution in [0.2, 0.25) is 0 Å². The second-order valence-electron chi connectivity index (χ2n) is 5.69. The van der Waals surface area contributed by atoms with Crippen LogP contribution >= 0.6 is 11.8 Å². The van der Waals surface area contributed by atoms with Crippen molar-refractivity contribution in [3.05, 3.63) is 54.1 Å². The van der Waals surface area contributed by atoms with E-state index in [1.54, 1.807) is 35.5 Å². The van der Waals surface area contributed by atoms with Gasteiger partial charge in [0.25, 0.3) is 0 Å². The SMILES string of the molecule is O=C(CSc1ncccn1)N[C@H]1CC(=O)N(Cc2cccc(F)c2)C1. The molecule has 25 heavy (non-hydrogen) atoms. The van der Waals surface area contributed by atoms with Crippen molar-refractivity contribution in [1.82, 2.24) is 20.2 Å².